The lowest BCUT2D eigenvalue weighted by atomic mass is 9.87. The summed E-state index contributed by atoms with van der Waals surface area (Å²) >= 11 is 4.30. The monoisotopic (exact) mass is 906 g/mol. The van der Waals surface area contributed by atoms with Crippen molar-refractivity contribution in [2.24, 2.45) is 0 Å². The van der Waals surface area contributed by atoms with Crippen LogP contribution in [0.25, 0.3) is 0 Å². The van der Waals surface area contributed by atoms with Crippen LogP contribution in [0.5, 0.6) is 46.0 Å². The number of alkyl halides is 2. The number of nitrogens with zero attached hydrogens (tertiary/aromatic N) is 2. The van der Waals surface area contributed by atoms with Gasteiger partial charge >= 0.3 is 0 Å². The molecule has 0 unspecified atom stereocenters. The highest BCUT2D eigenvalue weighted by molar-refractivity contribution is 14.1. The Morgan fingerprint density at radius 3 is 1.84 bits per heavy atom. The molecular formula is C40H48I2N2O6. The zero-order valence-electron chi connectivity index (χ0n) is 30.3. The average Bonchev–Trinajstić information content (AvgIpc) is 3.15. The maximum atomic E-state index is 7.03. The molecule has 0 saturated heterocycles. The Morgan fingerprint density at radius 1 is 0.600 bits per heavy atom. The molecule has 4 heterocycles. The average molecular weight is 907 g/mol. The van der Waals surface area contributed by atoms with Crippen LogP contribution < -0.4 is 28.4 Å². The highest BCUT2D eigenvalue weighted by atomic mass is 127. The third-order valence-electron chi connectivity index (χ3n) is 9.85. The first kappa shape index (κ1) is 38.3. The second kappa shape index (κ2) is 17.5. The molecule has 0 N–H and O–H groups in total. The minimum atomic E-state index is 0.000437. The molecule has 4 aliphatic heterocycles. The second-order valence-corrected chi connectivity index (χ2v) is 12.5. The predicted octanol–water partition coefficient (Wildman–Crippen LogP) is 9.26. The Balaban J connectivity index is 0.00000117. The third kappa shape index (κ3) is 7.78. The van der Waals surface area contributed by atoms with Crippen molar-refractivity contribution in [2.75, 3.05) is 65.5 Å². The van der Waals surface area contributed by atoms with Crippen LogP contribution in [0.1, 0.15) is 45.5 Å². The lowest BCUT2D eigenvalue weighted by Crippen LogP contribution is -2.34. The zero-order chi connectivity index (χ0) is 35.9. The van der Waals surface area contributed by atoms with Crippen molar-refractivity contribution in [3.63, 3.8) is 0 Å². The number of hydrogen-bond donors (Lipinski definition) is 0. The van der Waals surface area contributed by atoms with E-state index in [1.165, 1.54) is 22.3 Å². The van der Waals surface area contributed by atoms with E-state index in [9.17, 15) is 0 Å². The van der Waals surface area contributed by atoms with Gasteiger partial charge in [-0.05, 0) is 120 Å². The summed E-state index contributed by atoms with van der Waals surface area (Å²) in [7, 11) is 11.1. The van der Waals surface area contributed by atoms with Crippen LogP contribution in [0.15, 0.2) is 60.7 Å². The maximum Gasteiger partial charge on any atom is 0.204 e. The summed E-state index contributed by atoms with van der Waals surface area (Å²) in [6.07, 6.45) is 3.37. The van der Waals surface area contributed by atoms with Gasteiger partial charge in [-0.15, -0.1) is 0 Å². The van der Waals surface area contributed by atoms with Crippen molar-refractivity contribution >= 4 is 45.2 Å². The van der Waals surface area contributed by atoms with E-state index in [1.54, 1.807) is 28.4 Å². The molecule has 0 spiro atoms. The molecule has 0 aromatic heterocycles. The molecular weight excluding hydrogens is 858 g/mol. The summed E-state index contributed by atoms with van der Waals surface area (Å²) in [6, 6.07) is 21.2. The van der Waals surface area contributed by atoms with E-state index in [0.717, 1.165) is 55.6 Å². The summed E-state index contributed by atoms with van der Waals surface area (Å²) in [5.74, 6) is 5.41. The second-order valence-electron chi connectivity index (χ2n) is 12.5. The Bertz CT molecular complexity index is 1770. The predicted molar refractivity (Wildman–Crippen MR) is 218 cm³/mol. The molecule has 50 heavy (non-hydrogen) atoms. The maximum absolute atomic E-state index is 7.03. The summed E-state index contributed by atoms with van der Waals surface area (Å²) in [5, 5.41) is 0. The number of ether oxygens (including phenoxy) is 6. The summed E-state index contributed by atoms with van der Waals surface area (Å²) in [4.78, 5) is 8.75. The minimum Gasteiger partial charge on any atom is -0.493 e. The van der Waals surface area contributed by atoms with Crippen LogP contribution in [0.4, 0.5) is 0 Å². The van der Waals surface area contributed by atoms with E-state index >= 15 is 0 Å². The molecule has 0 aliphatic carbocycles. The molecule has 8 rings (SSSR count). The molecule has 268 valence electrons. The normalized spacial score (nSPS) is 17.9. The van der Waals surface area contributed by atoms with Crippen LogP contribution >= 0.6 is 45.2 Å². The highest BCUT2D eigenvalue weighted by Crippen LogP contribution is 2.52. The van der Waals surface area contributed by atoms with Gasteiger partial charge in [0.2, 0.25) is 5.75 Å². The number of likely N-dealkylation sites (N-methyl/N-ethyl adjacent to an activating group) is 2. The first-order valence-electron chi connectivity index (χ1n) is 16.7. The Kier molecular flexibility index (Phi) is 13.4. The van der Waals surface area contributed by atoms with Crippen LogP contribution in [-0.4, -0.2) is 75.3 Å². The third-order valence-corrected chi connectivity index (χ3v) is 9.85. The molecule has 0 saturated carbocycles. The van der Waals surface area contributed by atoms with Gasteiger partial charge < -0.3 is 28.4 Å². The van der Waals surface area contributed by atoms with Gasteiger partial charge in [0, 0.05) is 30.7 Å². The number of fused-ring (bicyclic) bond motifs is 2. The van der Waals surface area contributed by atoms with E-state index in [0.29, 0.717) is 40.2 Å². The van der Waals surface area contributed by atoms with Gasteiger partial charge in [0.25, 0.3) is 0 Å². The molecule has 6 bridgehead atoms. The lowest BCUT2D eigenvalue weighted by Gasteiger charge is -2.37. The molecule has 0 amide bonds. The van der Waals surface area contributed by atoms with Gasteiger partial charge in [0.05, 0.1) is 28.4 Å². The van der Waals surface area contributed by atoms with Crippen molar-refractivity contribution in [2.45, 2.75) is 37.8 Å². The Hall–Kier alpha value is -2.94. The van der Waals surface area contributed by atoms with E-state index in [1.807, 2.05) is 28.1 Å². The van der Waals surface area contributed by atoms with Crippen molar-refractivity contribution in [3.8, 4) is 46.0 Å². The fourth-order valence-corrected chi connectivity index (χ4v) is 7.28. The molecule has 4 aromatic rings. The van der Waals surface area contributed by atoms with Crippen molar-refractivity contribution in [1.82, 2.24) is 9.80 Å². The highest BCUT2D eigenvalue weighted by Gasteiger charge is 2.34. The SMILES string of the molecule is CI.CI.COc1ccc2cc1Oc1ccc(cc1)C[C@H]1c3cc(c(OC)cc3CCN1C)Oc1c(OC)c(OC)cc3c1[C@H](C2)N(C)CC3. The Morgan fingerprint density at radius 2 is 1.18 bits per heavy atom. The van der Waals surface area contributed by atoms with E-state index < -0.39 is 0 Å². The molecule has 8 nitrogen and oxygen atoms in total. The number of rotatable bonds is 4. The molecule has 4 aromatic carbocycles. The minimum absolute atomic E-state index is 0.000437. The van der Waals surface area contributed by atoms with E-state index in [4.69, 9.17) is 28.4 Å². The Labute approximate surface area is 324 Å². The summed E-state index contributed by atoms with van der Waals surface area (Å²) < 4.78 is 37.1. The molecule has 0 fully saturated rings. The van der Waals surface area contributed by atoms with Crippen LogP contribution in [0.3, 0.4) is 0 Å². The van der Waals surface area contributed by atoms with E-state index in [2.05, 4.69) is 112 Å². The molecule has 2 atom stereocenters. The number of methoxy groups -OCH3 is 4. The van der Waals surface area contributed by atoms with Crippen molar-refractivity contribution in [3.05, 3.63) is 94.0 Å². The quantitative estimate of drug-likeness (QED) is 0.149. The fourth-order valence-electron chi connectivity index (χ4n) is 7.28. The smallest absolute Gasteiger partial charge is 0.204 e. The van der Waals surface area contributed by atoms with Crippen molar-refractivity contribution in [1.29, 1.82) is 0 Å². The van der Waals surface area contributed by atoms with Crippen molar-refractivity contribution < 1.29 is 28.4 Å². The number of benzene rings is 4. The van der Waals surface area contributed by atoms with Gasteiger partial charge in [-0.25, -0.2) is 0 Å². The van der Waals surface area contributed by atoms with Crippen LogP contribution in [0.2, 0.25) is 0 Å². The molecule has 4 aliphatic rings. The van der Waals surface area contributed by atoms with Crippen LogP contribution in [0, 0.1) is 0 Å². The number of halogens is 2. The molecule has 10 heteroatoms. The topological polar surface area (TPSA) is 61.9 Å². The first-order valence-corrected chi connectivity index (χ1v) is 21.0. The van der Waals surface area contributed by atoms with Gasteiger partial charge in [-0.2, -0.15) is 0 Å². The largest absolute Gasteiger partial charge is 0.493 e. The summed E-state index contributed by atoms with van der Waals surface area (Å²) in [6.45, 7) is 1.86. The van der Waals surface area contributed by atoms with Crippen LogP contribution in [-0.2, 0) is 25.7 Å². The fraction of sp³-hybridized carbons (Fsp3) is 0.400. The van der Waals surface area contributed by atoms with Gasteiger partial charge in [0.1, 0.15) is 5.75 Å². The standard InChI is InChI=1S/C38H42N2O6.2CH3I/c1-39-15-13-25-20-32(42-4)34-22-28(25)29(39)17-23-7-10-27(11-8-23)45-33-19-24(9-12-31(33)41-3)18-30-36-26(14-16-40(30)2)21-35(43-5)37(44-6)38(36)46-34;2*1-2/h7-12,19-22,29-30H,13-18H2,1-6H3;2*1H3/t29-,30-;;/m0../s1. The zero-order valence-corrected chi connectivity index (χ0v) is 34.6. The van der Waals surface area contributed by atoms with Gasteiger partial charge in [-0.3, -0.25) is 9.80 Å². The molecule has 0 radical (unpaired) electrons. The lowest BCUT2D eigenvalue weighted by molar-refractivity contribution is 0.220. The number of hydrogen-bond acceptors (Lipinski definition) is 8. The van der Waals surface area contributed by atoms with Gasteiger partial charge in [0.15, 0.2) is 34.5 Å². The van der Waals surface area contributed by atoms with E-state index in [-0.39, 0.29) is 12.1 Å². The first-order chi connectivity index (χ1) is 24.4. The summed E-state index contributed by atoms with van der Waals surface area (Å²) in [5.41, 5.74) is 7.15. The van der Waals surface area contributed by atoms with Gasteiger partial charge in [-0.1, -0.05) is 63.4 Å².